The van der Waals surface area contributed by atoms with Crippen LogP contribution < -0.4 is 10.2 Å². The summed E-state index contributed by atoms with van der Waals surface area (Å²) in [5.74, 6) is -1.64. The fourth-order valence-electron chi connectivity index (χ4n) is 4.30. The van der Waals surface area contributed by atoms with Crippen LogP contribution in [0.15, 0.2) is 66.7 Å². The third-order valence-corrected chi connectivity index (χ3v) is 7.40. The molecule has 0 aromatic heterocycles. The van der Waals surface area contributed by atoms with Crippen molar-refractivity contribution in [3.8, 4) is 0 Å². The molecule has 3 aromatic rings. The summed E-state index contributed by atoms with van der Waals surface area (Å²) in [6, 6.07) is 17.2. The monoisotopic (exact) mass is 485 g/mol. The van der Waals surface area contributed by atoms with E-state index in [0.717, 1.165) is 12.1 Å². The number of carbonyl (C=O) groups excluding carboxylic acids is 2. The third-order valence-electron chi connectivity index (χ3n) is 5.75. The Bertz CT molecular complexity index is 1270. The van der Waals surface area contributed by atoms with Crippen molar-refractivity contribution in [1.29, 1.82) is 0 Å². The van der Waals surface area contributed by atoms with Crippen molar-refractivity contribution in [2.24, 2.45) is 0 Å². The van der Waals surface area contributed by atoms with Crippen molar-refractivity contribution in [2.75, 3.05) is 22.5 Å². The molecule has 5 rings (SSSR count). The number of nitrogens with one attached hydrogen (secondary N) is 1. The molecule has 33 heavy (non-hydrogen) atoms. The minimum atomic E-state index is -1.24. The van der Waals surface area contributed by atoms with Crippen molar-refractivity contribution in [2.45, 2.75) is 11.4 Å². The van der Waals surface area contributed by atoms with Gasteiger partial charge in [-0.15, -0.1) is 11.8 Å². The van der Waals surface area contributed by atoms with Crippen LogP contribution in [0, 0.1) is 11.6 Å². The third kappa shape index (κ3) is 3.63. The Hall–Kier alpha value is -3.10. The van der Waals surface area contributed by atoms with E-state index >= 15 is 0 Å². The van der Waals surface area contributed by atoms with Gasteiger partial charge >= 0.3 is 6.03 Å². The number of halogens is 3. The van der Waals surface area contributed by atoms with E-state index in [9.17, 15) is 18.4 Å². The number of thioether (sulfide) groups is 1. The molecule has 3 aromatic carbocycles. The lowest BCUT2D eigenvalue weighted by atomic mass is 10.1. The summed E-state index contributed by atoms with van der Waals surface area (Å²) in [5.41, 5.74) is 2.31. The maximum absolute atomic E-state index is 13.9. The van der Waals surface area contributed by atoms with Gasteiger partial charge in [0.2, 0.25) is 0 Å². The van der Waals surface area contributed by atoms with Gasteiger partial charge in [0.05, 0.1) is 12.2 Å². The lowest BCUT2D eigenvalue weighted by Gasteiger charge is -2.33. The summed E-state index contributed by atoms with van der Waals surface area (Å²) < 4.78 is 27.2. The summed E-state index contributed by atoms with van der Waals surface area (Å²) in [7, 11) is 0. The molecule has 0 aliphatic carbocycles. The van der Waals surface area contributed by atoms with Crippen molar-refractivity contribution in [3.63, 3.8) is 0 Å². The summed E-state index contributed by atoms with van der Waals surface area (Å²) >= 11 is 7.42. The molecule has 0 radical (unpaired) electrons. The van der Waals surface area contributed by atoms with Crippen LogP contribution in [0.5, 0.6) is 0 Å². The zero-order chi connectivity index (χ0) is 23.2. The second kappa shape index (κ2) is 8.35. The first kappa shape index (κ1) is 21.7. The molecule has 2 aliphatic heterocycles. The van der Waals surface area contributed by atoms with Gasteiger partial charge in [0.25, 0.3) is 5.91 Å². The standard InChI is InChI=1S/C24H18ClF2N3O2S/c25-16-4-3-5-17(13-16)28-23(32)30-10-11-33-24(30)18-6-1-2-7-21(18)29(22(24)31)14-15-8-9-19(26)20(27)12-15/h1-9,12-13H,10-11,14H2,(H,28,32)/t24-/m1/s1. The van der Waals surface area contributed by atoms with Crippen LogP contribution in [0.3, 0.4) is 0 Å². The van der Waals surface area contributed by atoms with Crippen LogP contribution in [0.25, 0.3) is 0 Å². The molecule has 9 heteroatoms. The van der Waals surface area contributed by atoms with Crippen LogP contribution in [-0.2, 0) is 16.2 Å². The summed E-state index contributed by atoms with van der Waals surface area (Å²) in [6.07, 6.45) is 0. The molecule has 0 saturated carbocycles. The molecule has 0 unspecified atom stereocenters. The molecule has 1 fully saturated rings. The highest BCUT2D eigenvalue weighted by atomic mass is 35.5. The molecule has 1 spiro atoms. The number of urea groups is 1. The summed E-state index contributed by atoms with van der Waals surface area (Å²) in [5, 5.41) is 3.32. The number of benzene rings is 3. The number of fused-ring (bicyclic) bond motifs is 2. The number of nitrogens with zero attached hydrogens (tertiary/aromatic N) is 2. The van der Waals surface area contributed by atoms with Crippen LogP contribution in [-0.4, -0.2) is 29.1 Å². The zero-order valence-corrected chi connectivity index (χ0v) is 18.8. The minimum absolute atomic E-state index is 0.0547. The van der Waals surface area contributed by atoms with Crippen molar-refractivity contribution in [3.05, 3.63) is 94.5 Å². The fourth-order valence-corrected chi connectivity index (χ4v) is 5.95. The van der Waals surface area contributed by atoms with Gasteiger partial charge in [0, 0.05) is 28.6 Å². The Balaban J connectivity index is 1.50. The zero-order valence-electron chi connectivity index (χ0n) is 17.2. The van der Waals surface area contributed by atoms with E-state index in [0.29, 0.717) is 39.8 Å². The van der Waals surface area contributed by atoms with E-state index in [1.165, 1.54) is 27.6 Å². The van der Waals surface area contributed by atoms with E-state index in [1.807, 2.05) is 12.1 Å². The Morgan fingerprint density at radius 1 is 1.06 bits per heavy atom. The predicted molar refractivity (Wildman–Crippen MR) is 125 cm³/mol. The molecule has 0 bridgehead atoms. The van der Waals surface area contributed by atoms with E-state index in [-0.39, 0.29) is 12.5 Å². The van der Waals surface area contributed by atoms with Gasteiger partial charge in [0.1, 0.15) is 0 Å². The van der Waals surface area contributed by atoms with Gasteiger partial charge in [-0.05, 0) is 42.0 Å². The molecular weight excluding hydrogens is 468 g/mol. The largest absolute Gasteiger partial charge is 0.323 e. The lowest BCUT2D eigenvalue weighted by molar-refractivity contribution is -0.123. The molecular formula is C24H18ClF2N3O2S. The highest BCUT2D eigenvalue weighted by molar-refractivity contribution is 8.01. The topological polar surface area (TPSA) is 52.7 Å². The summed E-state index contributed by atoms with van der Waals surface area (Å²) in [6.45, 7) is 0.426. The van der Waals surface area contributed by atoms with Crippen molar-refractivity contribution >= 4 is 46.7 Å². The lowest BCUT2D eigenvalue weighted by Crippen LogP contribution is -2.51. The van der Waals surface area contributed by atoms with Crippen LogP contribution in [0.4, 0.5) is 25.0 Å². The highest BCUT2D eigenvalue weighted by Gasteiger charge is 2.59. The normalized spacial score (nSPS) is 19.3. The Kier molecular flexibility index (Phi) is 5.50. The number of hydrogen-bond acceptors (Lipinski definition) is 3. The number of hydrogen-bond donors (Lipinski definition) is 1. The van der Waals surface area contributed by atoms with Gasteiger partial charge in [-0.1, -0.05) is 41.9 Å². The first-order valence-corrected chi connectivity index (χ1v) is 11.6. The maximum Gasteiger partial charge on any atom is 0.323 e. The maximum atomic E-state index is 13.9. The Morgan fingerprint density at radius 3 is 2.67 bits per heavy atom. The minimum Gasteiger partial charge on any atom is -0.308 e. The highest BCUT2D eigenvalue weighted by Crippen LogP contribution is 2.54. The number of rotatable bonds is 3. The molecule has 1 atom stereocenters. The van der Waals surface area contributed by atoms with Gasteiger partial charge in [-0.25, -0.2) is 13.6 Å². The Labute approximate surface area is 198 Å². The van der Waals surface area contributed by atoms with E-state index in [1.54, 1.807) is 36.4 Å². The van der Waals surface area contributed by atoms with Crippen LogP contribution >= 0.6 is 23.4 Å². The second-order valence-corrected chi connectivity index (χ2v) is 9.47. The SMILES string of the molecule is O=C(Nc1cccc(Cl)c1)N1CCS[C@]12C(=O)N(Cc1ccc(F)c(F)c1)c1ccccc12. The Morgan fingerprint density at radius 2 is 1.88 bits per heavy atom. The first-order chi connectivity index (χ1) is 15.9. The van der Waals surface area contributed by atoms with Gasteiger partial charge in [0.15, 0.2) is 16.5 Å². The molecule has 2 aliphatic rings. The second-order valence-electron chi connectivity index (χ2n) is 7.74. The first-order valence-electron chi connectivity index (χ1n) is 10.2. The van der Waals surface area contributed by atoms with Crippen molar-refractivity contribution in [1.82, 2.24) is 4.90 Å². The van der Waals surface area contributed by atoms with E-state index in [4.69, 9.17) is 11.6 Å². The molecule has 5 nitrogen and oxygen atoms in total. The quantitative estimate of drug-likeness (QED) is 0.525. The van der Waals surface area contributed by atoms with E-state index < -0.39 is 22.5 Å². The number of carbonyl (C=O) groups is 2. The van der Waals surface area contributed by atoms with Crippen molar-refractivity contribution < 1.29 is 18.4 Å². The average Bonchev–Trinajstić information content (AvgIpc) is 3.34. The average molecular weight is 486 g/mol. The molecule has 2 heterocycles. The van der Waals surface area contributed by atoms with Gasteiger partial charge < -0.3 is 10.2 Å². The molecule has 168 valence electrons. The number of amides is 3. The molecule has 1 saturated heterocycles. The molecule has 3 amide bonds. The fraction of sp³-hybridized carbons (Fsp3) is 0.167. The summed E-state index contributed by atoms with van der Waals surface area (Å²) in [4.78, 5) is 29.0. The smallest absolute Gasteiger partial charge is 0.308 e. The van der Waals surface area contributed by atoms with Crippen LogP contribution in [0.2, 0.25) is 5.02 Å². The van der Waals surface area contributed by atoms with Gasteiger partial charge in [-0.3, -0.25) is 9.69 Å². The predicted octanol–water partition coefficient (Wildman–Crippen LogP) is 5.60. The van der Waals surface area contributed by atoms with Gasteiger partial charge in [-0.2, -0.15) is 0 Å². The van der Waals surface area contributed by atoms with Crippen LogP contribution in [0.1, 0.15) is 11.1 Å². The number of para-hydroxylation sites is 1. The van der Waals surface area contributed by atoms with E-state index in [2.05, 4.69) is 5.32 Å². The number of anilines is 2. The molecule has 1 N–H and O–H groups in total.